The average Bonchev–Trinajstić information content (AvgIpc) is 2.58. The minimum atomic E-state index is -0.675. The number of benzene rings is 1. The second-order valence-electron chi connectivity index (χ2n) is 7.42. The molecule has 1 aliphatic heterocycles. The predicted molar refractivity (Wildman–Crippen MR) is 96.5 cm³/mol. The van der Waals surface area contributed by atoms with Gasteiger partial charge < -0.3 is 15.3 Å². The molecule has 5 heteroatoms. The fourth-order valence-corrected chi connectivity index (χ4v) is 3.43. The van der Waals surface area contributed by atoms with Gasteiger partial charge in [0.2, 0.25) is 0 Å². The number of anilines is 1. The Hall–Kier alpha value is -1.59. The summed E-state index contributed by atoms with van der Waals surface area (Å²) in [7, 11) is 0. The summed E-state index contributed by atoms with van der Waals surface area (Å²) >= 11 is 0. The second-order valence-corrected chi connectivity index (χ2v) is 7.42. The van der Waals surface area contributed by atoms with Crippen molar-refractivity contribution in [2.75, 3.05) is 37.6 Å². The van der Waals surface area contributed by atoms with Gasteiger partial charge in [-0.15, -0.1) is 0 Å². The van der Waals surface area contributed by atoms with Gasteiger partial charge >= 0.3 is 0 Å². The smallest absolute Gasteiger partial charge is 0.251 e. The number of rotatable bonds is 5. The summed E-state index contributed by atoms with van der Waals surface area (Å²) in [5.74, 6) is -0.105. The zero-order valence-corrected chi connectivity index (χ0v) is 14.8. The Kier molecular flexibility index (Phi) is 5.11. The van der Waals surface area contributed by atoms with Gasteiger partial charge in [0.05, 0.1) is 5.60 Å². The Balaban J connectivity index is 1.52. The van der Waals surface area contributed by atoms with E-state index < -0.39 is 5.60 Å². The molecule has 0 aromatic heterocycles. The van der Waals surface area contributed by atoms with Gasteiger partial charge in [0, 0.05) is 50.0 Å². The zero-order chi connectivity index (χ0) is 17.2. The molecule has 132 valence electrons. The fraction of sp³-hybridized carbons (Fsp3) is 0.632. The molecular weight excluding hydrogens is 302 g/mol. The number of nitrogens with zero attached hydrogens (tertiary/aromatic N) is 2. The highest BCUT2D eigenvalue weighted by Crippen LogP contribution is 2.30. The summed E-state index contributed by atoms with van der Waals surface area (Å²) in [5.41, 5.74) is 1.15. The summed E-state index contributed by atoms with van der Waals surface area (Å²) in [6.45, 7) is 9.04. The molecule has 1 aromatic rings. The lowest BCUT2D eigenvalue weighted by Gasteiger charge is -2.38. The molecule has 0 radical (unpaired) electrons. The van der Waals surface area contributed by atoms with Crippen LogP contribution in [-0.4, -0.2) is 60.3 Å². The Labute approximate surface area is 144 Å². The molecule has 1 saturated carbocycles. The van der Waals surface area contributed by atoms with E-state index in [4.69, 9.17) is 0 Å². The van der Waals surface area contributed by atoms with Crippen molar-refractivity contribution in [3.8, 4) is 0 Å². The highest BCUT2D eigenvalue weighted by molar-refractivity contribution is 5.94. The molecule has 1 aromatic carbocycles. The summed E-state index contributed by atoms with van der Waals surface area (Å²) in [4.78, 5) is 17.1. The maximum Gasteiger partial charge on any atom is 0.251 e. The lowest BCUT2D eigenvalue weighted by Crippen LogP contribution is -2.49. The SMILES string of the molecule is CC(C)N1CCN(c2ccc(C(=O)NCC3(O)CCC3)cc2)CC1. The highest BCUT2D eigenvalue weighted by atomic mass is 16.3. The van der Waals surface area contributed by atoms with Gasteiger partial charge in [0.25, 0.3) is 5.91 Å². The van der Waals surface area contributed by atoms with Crippen LogP contribution in [0.15, 0.2) is 24.3 Å². The van der Waals surface area contributed by atoms with Crippen LogP contribution in [0.25, 0.3) is 0 Å². The van der Waals surface area contributed by atoms with Crippen molar-refractivity contribution in [2.24, 2.45) is 0 Å². The van der Waals surface area contributed by atoms with E-state index in [0.717, 1.165) is 45.4 Å². The summed E-state index contributed by atoms with van der Waals surface area (Å²) < 4.78 is 0. The summed E-state index contributed by atoms with van der Waals surface area (Å²) in [5, 5.41) is 12.9. The molecule has 0 unspecified atom stereocenters. The number of hydrogen-bond acceptors (Lipinski definition) is 4. The lowest BCUT2D eigenvalue weighted by atomic mass is 9.80. The number of amides is 1. The van der Waals surface area contributed by atoms with Crippen molar-refractivity contribution in [1.29, 1.82) is 0 Å². The molecule has 0 spiro atoms. The first kappa shape index (κ1) is 17.2. The number of piperazine rings is 1. The van der Waals surface area contributed by atoms with E-state index in [1.54, 1.807) is 0 Å². The van der Waals surface area contributed by atoms with Crippen molar-refractivity contribution in [3.63, 3.8) is 0 Å². The van der Waals surface area contributed by atoms with Crippen LogP contribution in [-0.2, 0) is 0 Å². The molecule has 2 aliphatic rings. The Bertz CT molecular complexity index is 558. The second kappa shape index (κ2) is 7.11. The van der Waals surface area contributed by atoms with Crippen LogP contribution in [0.1, 0.15) is 43.5 Å². The van der Waals surface area contributed by atoms with Gasteiger partial charge in [0.1, 0.15) is 0 Å². The quantitative estimate of drug-likeness (QED) is 0.865. The van der Waals surface area contributed by atoms with Gasteiger partial charge in [-0.25, -0.2) is 0 Å². The first-order valence-corrected chi connectivity index (χ1v) is 9.06. The standard InChI is InChI=1S/C19H29N3O2/c1-15(2)21-10-12-22(13-11-21)17-6-4-16(5-7-17)18(23)20-14-19(24)8-3-9-19/h4-7,15,24H,3,8-14H2,1-2H3,(H,20,23). The van der Waals surface area contributed by atoms with Crippen LogP contribution >= 0.6 is 0 Å². The van der Waals surface area contributed by atoms with Crippen molar-refractivity contribution < 1.29 is 9.90 Å². The first-order chi connectivity index (χ1) is 11.5. The topological polar surface area (TPSA) is 55.8 Å². The number of hydrogen-bond donors (Lipinski definition) is 2. The molecule has 0 bridgehead atoms. The molecule has 1 aliphatic carbocycles. The van der Waals surface area contributed by atoms with Crippen LogP contribution < -0.4 is 10.2 Å². The average molecular weight is 331 g/mol. The minimum Gasteiger partial charge on any atom is -0.388 e. The first-order valence-electron chi connectivity index (χ1n) is 9.06. The predicted octanol–water partition coefficient (Wildman–Crippen LogP) is 1.86. The van der Waals surface area contributed by atoms with Gasteiger partial charge in [0.15, 0.2) is 0 Å². The number of carbonyl (C=O) groups excluding carboxylic acids is 1. The van der Waals surface area contributed by atoms with E-state index in [-0.39, 0.29) is 5.91 Å². The number of carbonyl (C=O) groups is 1. The molecular formula is C19H29N3O2. The number of nitrogens with one attached hydrogen (secondary N) is 1. The van der Waals surface area contributed by atoms with Crippen LogP contribution in [0.3, 0.4) is 0 Å². The van der Waals surface area contributed by atoms with Gasteiger partial charge in [-0.05, 0) is 57.4 Å². The van der Waals surface area contributed by atoms with Crippen LogP contribution in [0.5, 0.6) is 0 Å². The Morgan fingerprint density at radius 2 is 1.79 bits per heavy atom. The van der Waals surface area contributed by atoms with E-state index in [1.165, 1.54) is 5.69 Å². The van der Waals surface area contributed by atoms with E-state index in [2.05, 4.69) is 29.0 Å². The van der Waals surface area contributed by atoms with E-state index in [0.29, 0.717) is 18.2 Å². The van der Waals surface area contributed by atoms with Crippen LogP contribution in [0.4, 0.5) is 5.69 Å². The van der Waals surface area contributed by atoms with Gasteiger partial charge in [-0.3, -0.25) is 9.69 Å². The zero-order valence-electron chi connectivity index (χ0n) is 14.8. The molecule has 1 heterocycles. The van der Waals surface area contributed by atoms with Gasteiger partial charge in [-0.2, -0.15) is 0 Å². The number of aliphatic hydroxyl groups is 1. The molecule has 2 fully saturated rings. The maximum atomic E-state index is 12.2. The summed E-state index contributed by atoms with van der Waals surface area (Å²) in [6.07, 6.45) is 2.62. The third kappa shape index (κ3) is 3.90. The third-order valence-corrected chi connectivity index (χ3v) is 5.40. The maximum absolute atomic E-state index is 12.2. The molecule has 24 heavy (non-hydrogen) atoms. The van der Waals surface area contributed by atoms with Crippen molar-refractivity contribution in [2.45, 2.75) is 44.8 Å². The molecule has 3 rings (SSSR count). The van der Waals surface area contributed by atoms with Crippen LogP contribution in [0, 0.1) is 0 Å². The van der Waals surface area contributed by atoms with E-state index in [1.807, 2.05) is 24.3 Å². The van der Waals surface area contributed by atoms with E-state index in [9.17, 15) is 9.90 Å². The molecule has 1 saturated heterocycles. The fourth-order valence-electron chi connectivity index (χ4n) is 3.43. The molecule has 5 nitrogen and oxygen atoms in total. The van der Waals surface area contributed by atoms with Crippen LogP contribution in [0.2, 0.25) is 0 Å². The Morgan fingerprint density at radius 3 is 2.29 bits per heavy atom. The lowest BCUT2D eigenvalue weighted by molar-refractivity contribution is -0.0300. The largest absolute Gasteiger partial charge is 0.388 e. The third-order valence-electron chi connectivity index (χ3n) is 5.40. The highest BCUT2D eigenvalue weighted by Gasteiger charge is 2.34. The minimum absolute atomic E-state index is 0.105. The van der Waals surface area contributed by atoms with Gasteiger partial charge in [-0.1, -0.05) is 0 Å². The summed E-state index contributed by atoms with van der Waals surface area (Å²) in [6, 6.07) is 8.41. The molecule has 2 N–H and O–H groups in total. The molecule has 0 atom stereocenters. The normalized spacial score (nSPS) is 20.8. The monoisotopic (exact) mass is 331 g/mol. The van der Waals surface area contributed by atoms with E-state index >= 15 is 0 Å². The van der Waals surface area contributed by atoms with Crippen molar-refractivity contribution in [1.82, 2.24) is 10.2 Å². The van der Waals surface area contributed by atoms with Crippen molar-refractivity contribution in [3.05, 3.63) is 29.8 Å². The van der Waals surface area contributed by atoms with Crippen molar-refractivity contribution >= 4 is 11.6 Å². The molecule has 1 amide bonds. The Morgan fingerprint density at radius 1 is 1.17 bits per heavy atom.